The SMILES string of the molecule is CC(=O)Oc1ccccc1C(=O)O.CCCCCCCC(=O)O. The van der Waals surface area contributed by atoms with Crippen LogP contribution in [0.15, 0.2) is 24.3 Å². The number of carbonyl (C=O) groups is 3. The van der Waals surface area contributed by atoms with Gasteiger partial charge in [0, 0.05) is 13.3 Å². The zero-order valence-electron chi connectivity index (χ0n) is 13.6. The fourth-order valence-corrected chi connectivity index (χ4v) is 1.77. The van der Waals surface area contributed by atoms with Crippen LogP contribution in [0.2, 0.25) is 0 Å². The smallest absolute Gasteiger partial charge is 0.339 e. The molecule has 0 fully saturated rings. The number of carbonyl (C=O) groups excluding carboxylic acids is 1. The molecular weight excluding hydrogens is 300 g/mol. The molecule has 0 aliphatic rings. The molecule has 0 aliphatic carbocycles. The topological polar surface area (TPSA) is 101 Å². The summed E-state index contributed by atoms with van der Waals surface area (Å²) in [7, 11) is 0. The van der Waals surface area contributed by atoms with Gasteiger partial charge in [-0.25, -0.2) is 4.79 Å². The summed E-state index contributed by atoms with van der Waals surface area (Å²) in [5.41, 5.74) is -0.0160. The average Bonchev–Trinajstić information content (AvgIpc) is 2.47. The lowest BCUT2D eigenvalue weighted by Crippen LogP contribution is -2.06. The molecule has 6 nitrogen and oxygen atoms in total. The van der Waals surface area contributed by atoms with Crippen molar-refractivity contribution in [1.29, 1.82) is 0 Å². The minimum atomic E-state index is -1.11. The van der Waals surface area contributed by atoms with Gasteiger partial charge in [-0.15, -0.1) is 0 Å². The Kier molecular flexibility index (Phi) is 10.9. The largest absolute Gasteiger partial charge is 0.481 e. The third kappa shape index (κ3) is 10.9. The van der Waals surface area contributed by atoms with Gasteiger partial charge in [0.2, 0.25) is 0 Å². The molecule has 0 spiro atoms. The van der Waals surface area contributed by atoms with Crippen LogP contribution in [0.25, 0.3) is 0 Å². The first-order valence-corrected chi connectivity index (χ1v) is 7.61. The van der Waals surface area contributed by atoms with Crippen molar-refractivity contribution < 1.29 is 29.3 Å². The molecule has 1 aromatic rings. The Bertz CT molecular complexity index is 510. The summed E-state index contributed by atoms with van der Waals surface area (Å²) in [4.78, 5) is 31.2. The van der Waals surface area contributed by atoms with Crippen molar-refractivity contribution in [2.45, 2.75) is 52.4 Å². The van der Waals surface area contributed by atoms with Gasteiger partial charge in [-0.3, -0.25) is 9.59 Å². The standard InChI is InChI=1S/C9H8O4.C8H16O2/c1-6(10)13-8-5-3-2-4-7(8)9(11)12;1-2-3-4-5-6-7-8(9)10/h2-5H,1H3,(H,11,12);2-7H2,1H3,(H,9,10). The van der Waals surface area contributed by atoms with Gasteiger partial charge in [-0.05, 0) is 18.6 Å². The van der Waals surface area contributed by atoms with E-state index in [4.69, 9.17) is 10.2 Å². The lowest BCUT2D eigenvalue weighted by atomic mass is 10.1. The zero-order valence-corrected chi connectivity index (χ0v) is 13.6. The minimum absolute atomic E-state index is 0.0160. The molecule has 2 N–H and O–H groups in total. The van der Waals surface area contributed by atoms with Gasteiger partial charge in [0.05, 0.1) is 0 Å². The second kappa shape index (κ2) is 12.2. The van der Waals surface area contributed by atoms with Crippen LogP contribution in [0.1, 0.15) is 62.7 Å². The molecular formula is C17H24O6. The van der Waals surface area contributed by atoms with E-state index in [1.807, 2.05) is 0 Å². The van der Waals surface area contributed by atoms with Crippen molar-refractivity contribution >= 4 is 17.9 Å². The van der Waals surface area contributed by atoms with Crippen molar-refractivity contribution in [2.24, 2.45) is 0 Å². The molecule has 0 atom stereocenters. The van der Waals surface area contributed by atoms with E-state index in [0.717, 1.165) is 12.8 Å². The summed E-state index contributed by atoms with van der Waals surface area (Å²) in [6.07, 6.45) is 5.88. The number of benzene rings is 1. The molecule has 0 heterocycles. The van der Waals surface area contributed by atoms with Crippen LogP contribution in [0.4, 0.5) is 0 Å². The molecule has 0 unspecified atom stereocenters. The van der Waals surface area contributed by atoms with E-state index in [-0.39, 0.29) is 11.3 Å². The quantitative estimate of drug-likeness (QED) is 0.429. The predicted octanol–water partition coefficient (Wildman–Crippen LogP) is 3.74. The van der Waals surface area contributed by atoms with Gasteiger partial charge in [0.25, 0.3) is 0 Å². The Hall–Kier alpha value is -2.37. The first-order chi connectivity index (χ1) is 10.9. The van der Waals surface area contributed by atoms with E-state index in [2.05, 4.69) is 11.7 Å². The number of carboxylic acid groups (broad SMARTS) is 2. The molecule has 0 amide bonds. The first-order valence-electron chi connectivity index (χ1n) is 7.61. The molecule has 0 aliphatic heterocycles. The van der Waals surface area contributed by atoms with Crippen molar-refractivity contribution in [1.82, 2.24) is 0 Å². The van der Waals surface area contributed by atoms with E-state index in [1.54, 1.807) is 12.1 Å². The minimum Gasteiger partial charge on any atom is -0.481 e. The first kappa shape index (κ1) is 20.6. The summed E-state index contributed by atoms with van der Waals surface area (Å²) >= 11 is 0. The molecule has 6 heteroatoms. The maximum atomic E-state index is 10.6. The number of carboxylic acids is 2. The number of aliphatic carboxylic acids is 1. The van der Waals surface area contributed by atoms with Crippen LogP contribution in [-0.2, 0) is 9.59 Å². The maximum Gasteiger partial charge on any atom is 0.339 e. The number of rotatable bonds is 8. The summed E-state index contributed by atoms with van der Waals surface area (Å²) in [6, 6.07) is 5.98. The lowest BCUT2D eigenvalue weighted by Gasteiger charge is -2.03. The molecule has 0 saturated carbocycles. The Morgan fingerprint density at radius 3 is 2.13 bits per heavy atom. The highest BCUT2D eigenvalue weighted by atomic mass is 16.5. The molecule has 0 aromatic heterocycles. The molecule has 0 radical (unpaired) electrons. The molecule has 0 saturated heterocycles. The maximum absolute atomic E-state index is 10.6. The Balaban J connectivity index is 0.000000438. The normalized spacial score (nSPS) is 9.48. The summed E-state index contributed by atoms with van der Waals surface area (Å²) in [5, 5.41) is 17.0. The van der Waals surface area contributed by atoms with Crippen molar-refractivity contribution in [2.75, 3.05) is 0 Å². The van der Waals surface area contributed by atoms with Crippen LogP contribution in [0.3, 0.4) is 0 Å². The van der Waals surface area contributed by atoms with Gasteiger partial charge in [0.1, 0.15) is 11.3 Å². The highest BCUT2D eigenvalue weighted by Gasteiger charge is 2.10. The summed E-state index contributed by atoms with van der Waals surface area (Å²) < 4.78 is 4.69. The van der Waals surface area contributed by atoms with Crippen LogP contribution in [0, 0.1) is 0 Å². The van der Waals surface area contributed by atoms with Crippen LogP contribution in [0.5, 0.6) is 5.75 Å². The number of hydrogen-bond acceptors (Lipinski definition) is 4. The third-order valence-electron chi connectivity index (χ3n) is 2.87. The predicted molar refractivity (Wildman–Crippen MR) is 85.7 cm³/mol. The molecule has 1 aromatic carbocycles. The van der Waals surface area contributed by atoms with E-state index in [9.17, 15) is 14.4 Å². The van der Waals surface area contributed by atoms with Crippen molar-refractivity contribution in [3.05, 3.63) is 29.8 Å². The van der Waals surface area contributed by atoms with Crippen LogP contribution >= 0.6 is 0 Å². The number of hydrogen-bond donors (Lipinski definition) is 2. The second-order valence-electron chi connectivity index (χ2n) is 4.95. The second-order valence-corrected chi connectivity index (χ2v) is 4.95. The Morgan fingerprint density at radius 2 is 1.61 bits per heavy atom. The highest BCUT2D eigenvalue weighted by Crippen LogP contribution is 2.17. The number of esters is 1. The zero-order chi connectivity index (χ0) is 17.7. The fraction of sp³-hybridized carbons (Fsp3) is 0.471. The summed E-state index contributed by atoms with van der Waals surface area (Å²) in [5.74, 6) is -2.25. The third-order valence-corrected chi connectivity index (χ3v) is 2.87. The average molecular weight is 324 g/mol. The van der Waals surface area contributed by atoms with Gasteiger partial charge in [0.15, 0.2) is 0 Å². The van der Waals surface area contributed by atoms with E-state index >= 15 is 0 Å². The van der Waals surface area contributed by atoms with E-state index < -0.39 is 17.9 Å². The van der Waals surface area contributed by atoms with Gasteiger partial charge < -0.3 is 14.9 Å². The molecule has 128 valence electrons. The van der Waals surface area contributed by atoms with Gasteiger partial charge >= 0.3 is 17.9 Å². The molecule has 0 bridgehead atoms. The van der Waals surface area contributed by atoms with Crippen LogP contribution < -0.4 is 4.74 Å². The van der Waals surface area contributed by atoms with Crippen molar-refractivity contribution in [3.63, 3.8) is 0 Å². The van der Waals surface area contributed by atoms with Gasteiger partial charge in [-0.2, -0.15) is 0 Å². The Labute approximate surface area is 136 Å². The number of aromatic carboxylic acids is 1. The Morgan fingerprint density at radius 1 is 1.00 bits per heavy atom. The number of unbranched alkanes of at least 4 members (excludes halogenated alkanes) is 4. The van der Waals surface area contributed by atoms with Gasteiger partial charge in [-0.1, -0.05) is 44.7 Å². The monoisotopic (exact) mass is 324 g/mol. The lowest BCUT2D eigenvalue weighted by molar-refractivity contribution is -0.137. The number of para-hydroxylation sites is 1. The summed E-state index contributed by atoms with van der Waals surface area (Å²) in [6.45, 7) is 3.37. The fourth-order valence-electron chi connectivity index (χ4n) is 1.77. The highest BCUT2D eigenvalue weighted by molar-refractivity contribution is 5.91. The number of ether oxygens (including phenoxy) is 1. The van der Waals surface area contributed by atoms with Crippen LogP contribution in [-0.4, -0.2) is 28.1 Å². The van der Waals surface area contributed by atoms with E-state index in [0.29, 0.717) is 6.42 Å². The van der Waals surface area contributed by atoms with E-state index in [1.165, 1.54) is 38.3 Å². The van der Waals surface area contributed by atoms with Crippen molar-refractivity contribution in [3.8, 4) is 5.75 Å². The molecule has 1 rings (SSSR count). The molecule has 23 heavy (non-hydrogen) atoms.